The van der Waals surface area contributed by atoms with Crippen LogP contribution in [0, 0.1) is 0 Å². The van der Waals surface area contributed by atoms with Crippen molar-refractivity contribution in [3.63, 3.8) is 0 Å². The van der Waals surface area contributed by atoms with Gasteiger partial charge < -0.3 is 10.1 Å². The normalized spacial score (nSPS) is 26.7. The van der Waals surface area contributed by atoms with Gasteiger partial charge in [0.2, 0.25) is 5.91 Å². The molecular weight excluding hydrogens is 182 g/mol. The molecule has 0 heterocycles. The Morgan fingerprint density at radius 2 is 1.86 bits per heavy atom. The van der Waals surface area contributed by atoms with Gasteiger partial charge in [-0.1, -0.05) is 6.42 Å². The van der Waals surface area contributed by atoms with E-state index in [9.17, 15) is 9.59 Å². The molecule has 80 valence electrons. The molecule has 2 unspecified atom stereocenters. The van der Waals surface area contributed by atoms with Crippen LogP contribution in [0.25, 0.3) is 0 Å². The fourth-order valence-corrected chi connectivity index (χ4v) is 1.88. The Bertz CT molecular complexity index is 203. The first-order valence-electron chi connectivity index (χ1n) is 5.04. The highest BCUT2D eigenvalue weighted by Gasteiger charge is 2.27. The predicted molar refractivity (Wildman–Crippen MR) is 51.6 cm³/mol. The maximum Gasteiger partial charge on any atom is 0.302 e. The zero-order valence-corrected chi connectivity index (χ0v) is 8.71. The molecule has 0 bridgehead atoms. The zero-order chi connectivity index (χ0) is 10.6. The molecule has 0 aromatic rings. The first kappa shape index (κ1) is 11.0. The van der Waals surface area contributed by atoms with Gasteiger partial charge in [0.15, 0.2) is 0 Å². The van der Waals surface area contributed by atoms with Gasteiger partial charge >= 0.3 is 5.97 Å². The summed E-state index contributed by atoms with van der Waals surface area (Å²) in [6.45, 7) is 2.89. The van der Waals surface area contributed by atoms with Crippen molar-refractivity contribution in [2.24, 2.45) is 0 Å². The lowest BCUT2D eigenvalue weighted by Gasteiger charge is -2.31. The largest absolute Gasteiger partial charge is 0.460 e. The molecule has 2 atom stereocenters. The van der Waals surface area contributed by atoms with Gasteiger partial charge in [0.25, 0.3) is 0 Å². The number of ether oxygens (including phenoxy) is 1. The monoisotopic (exact) mass is 199 g/mol. The van der Waals surface area contributed by atoms with E-state index in [0.29, 0.717) is 0 Å². The lowest BCUT2D eigenvalue weighted by Crippen LogP contribution is -2.46. The van der Waals surface area contributed by atoms with Crippen LogP contribution in [0.15, 0.2) is 0 Å². The molecule has 1 aliphatic rings. The van der Waals surface area contributed by atoms with Gasteiger partial charge in [-0.05, 0) is 19.3 Å². The number of nitrogens with one attached hydrogen (secondary N) is 1. The molecular formula is C10H17NO3. The summed E-state index contributed by atoms with van der Waals surface area (Å²) in [4.78, 5) is 21.7. The second kappa shape index (κ2) is 4.98. The van der Waals surface area contributed by atoms with Crippen molar-refractivity contribution in [2.45, 2.75) is 51.7 Å². The quantitative estimate of drug-likeness (QED) is 0.675. The highest BCUT2D eigenvalue weighted by molar-refractivity contribution is 5.73. The van der Waals surface area contributed by atoms with Crippen LogP contribution in [-0.4, -0.2) is 24.0 Å². The molecule has 14 heavy (non-hydrogen) atoms. The van der Waals surface area contributed by atoms with E-state index in [0.717, 1.165) is 25.7 Å². The fraction of sp³-hybridized carbons (Fsp3) is 0.800. The van der Waals surface area contributed by atoms with Crippen molar-refractivity contribution in [3.8, 4) is 0 Å². The minimum Gasteiger partial charge on any atom is -0.460 e. The van der Waals surface area contributed by atoms with Crippen LogP contribution in [-0.2, 0) is 14.3 Å². The average Bonchev–Trinajstić information content (AvgIpc) is 2.06. The Hall–Kier alpha value is -1.06. The van der Waals surface area contributed by atoms with Crippen LogP contribution >= 0.6 is 0 Å². The molecule has 4 nitrogen and oxygen atoms in total. The summed E-state index contributed by atoms with van der Waals surface area (Å²) in [6.07, 6.45) is 3.77. The van der Waals surface area contributed by atoms with Crippen molar-refractivity contribution < 1.29 is 14.3 Å². The number of amides is 1. The maximum absolute atomic E-state index is 10.9. The summed E-state index contributed by atoms with van der Waals surface area (Å²) in [5.74, 6) is -0.332. The van der Waals surface area contributed by atoms with E-state index in [1.807, 2.05) is 0 Å². The first-order chi connectivity index (χ1) is 6.59. The number of carbonyl (C=O) groups excluding carboxylic acids is 2. The van der Waals surface area contributed by atoms with Gasteiger partial charge in [-0.15, -0.1) is 0 Å². The van der Waals surface area contributed by atoms with Crippen molar-refractivity contribution in [3.05, 3.63) is 0 Å². The Morgan fingerprint density at radius 1 is 1.21 bits per heavy atom. The topological polar surface area (TPSA) is 55.4 Å². The van der Waals surface area contributed by atoms with Gasteiger partial charge in [-0.3, -0.25) is 9.59 Å². The molecule has 4 heteroatoms. The van der Waals surface area contributed by atoms with E-state index >= 15 is 0 Å². The smallest absolute Gasteiger partial charge is 0.302 e. The summed E-state index contributed by atoms with van der Waals surface area (Å²) in [5, 5.41) is 2.82. The van der Waals surface area contributed by atoms with Crippen LogP contribution in [0.1, 0.15) is 39.5 Å². The lowest BCUT2D eigenvalue weighted by molar-refractivity contribution is -0.150. The Labute approximate surface area is 84.0 Å². The van der Waals surface area contributed by atoms with Crippen molar-refractivity contribution in [1.82, 2.24) is 5.32 Å². The molecule has 0 aliphatic heterocycles. The number of hydrogen-bond donors (Lipinski definition) is 1. The molecule has 1 saturated carbocycles. The summed E-state index contributed by atoms with van der Waals surface area (Å²) >= 11 is 0. The summed E-state index contributed by atoms with van der Waals surface area (Å²) in [7, 11) is 0. The standard InChI is InChI=1S/C10H17NO3/c1-7(12)11-9-5-3-4-6-10(9)14-8(2)13/h9-10H,3-6H2,1-2H3,(H,11,12). The number of carbonyl (C=O) groups is 2. The number of hydrogen-bond acceptors (Lipinski definition) is 3. The van der Waals surface area contributed by atoms with Gasteiger partial charge in [-0.2, -0.15) is 0 Å². The van der Waals surface area contributed by atoms with E-state index < -0.39 is 0 Å². The van der Waals surface area contributed by atoms with Crippen LogP contribution in [0.5, 0.6) is 0 Å². The molecule has 0 radical (unpaired) electrons. The van der Waals surface area contributed by atoms with Crippen molar-refractivity contribution >= 4 is 11.9 Å². The van der Waals surface area contributed by atoms with Gasteiger partial charge in [0.05, 0.1) is 6.04 Å². The summed E-state index contributed by atoms with van der Waals surface area (Å²) in [6, 6.07) is 0.00477. The Balaban J connectivity index is 2.49. The molecule has 1 N–H and O–H groups in total. The van der Waals surface area contributed by atoms with Gasteiger partial charge in [-0.25, -0.2) is 0 Å². The highest BCUT2D eigenvalue weighted by atomic mass is 16.5. The van der Waals surface area contributed by atoms with Crippen LogP contribution < -0.4 is 5.32 Å². The lowest BCUT2D eigenvalue weighted by atomic mass is 9.92. The minimum atomic E-state index is -0.271. The molecule has 0 spiro atoms. The third kappa shape index (κ3) is 3.36. The van der Waals surface area contributed by atoms with E-state index in [1.165, 1.54) is 13.8 Å². The zero-order valence-electron chi connectivity index (χ0n) is 8.71. The van der Waals surface area contributed by atoms with E-state index in [1.54, 1.807) is 0 Å². The molecule has 1 aliphatic carbocycles. The summed E-state index contributed by atoms with van der Waals surface area (Å²) < 4.78 is 5.15. The summed E-state index contributed by atoms with van der Waals surface area (Å²) in [5.41, 5.74) is 0. The van der Waals surface area contributed by atoms with E-state index in [-0.39, 0.29) is 24.0 Å². The fourth-order valence-electron chi connectivity index (χ4n) is 1.88. The average molecular weight is 199 g/mol. The number of rotatable bonds is 2. The van der Waals surface area contributed by atoms with Crippen LogP contribution in [0.2, 0.25) is 0 Å². The van der Waals surface area contributed by atoms with Gasteiger partial charge in [0, 0.05) is 13.8 Å². The van der Waals surface area contributed by atoms with Crippen LogP contribution in [0.4, 0.5) is 0 Å². The second-order valence-corrected chi connectivity index (χ2v) is 3.74. The third-order valence-electron chi connectivity index (χ3n) is 2.41. The molecule has 1 amide bonds. The van der Waals surface area contributed by atoms with Crippen molar-refractivity contribution in [1.29, 1.82) is 0 Å². The molecule has 0 saturated heterocycles. The highest BCUT2D eigenvalue weighted by Crippen LogP contribution is 2.21. The number of esters is 1. The molecule has 0 aromatic heterocycles. The Morgan fingerprint density at radius 3 is 2.43 bits per heavy atom. The first-order valence-corrected chi connectivity index (χ1v) is 5.04. The molecule has 1 fully saturated rings. The molecule has 0 aromatic carbocycles. The second-order valence-electron chi connectivity index (χ2n) is 3.74. The molecule has 1 rings (SSSR count). The van der Waals surface area contributed by atoms with Crippen LogP contribution in [0.3, 0.4) is 0 Å². The Kier molecular flexibility index (Phi) is 3.92. The minimum absolute atomic E-state index is 0.00477. The maximum atomic E-state index is 10.9. The SMILES string of the molecule is CC(=O)NC1CCCCC1OC(C)=O. The third-order valence-corrected chi connectivity index (χ3v) is 2.41. The predicted octanol–water partition coefficient (Wildman–Crippen LogP) is 0.997. The van der Waals surface area contributed by atoms with E-state index in [4.69, 9.17) is 4.74 Å². The van der Waals surface area contributed by atoms with E-state index in [2.05, 4.69) is 5.32 Å². The van der Waals surface area contributed by atoms with Gasteiger partial charge in [0.1, 0.15) is 6.10 Å². The van der Waals surface area contributed by atoms with Crippen molar-refractivity contribution in [2.75, 3.05) is 0 Å².